The fourth-order valence-electron chi connectivity index (χ4n) is 2.39. The third kappa shape index (κ3) is 5.64. The van der Waals surface area contributed by atoms with Crippen LogP contribution in [0.1, 0.15) is 32.3 Å². The Balaban J connectivity index is 2.07. The van der Waals surface area contributed by atoms with Crippen LogP contribution < -0.4 is 5.32 Å². The van der Waals surface area contributed by atoms with Crippen LogP contribution in [-0.4, -0.2) is 29.3 Å². The van der Waals surface area contributed by atoms with Crippen LogP contribution in [0.4, 0.5) is 4.79 Å². The first-order valence-corrected chi connectivity index (χ1v) is 8.11. The minimum atomic E-state index is -0.997. The van der Waals surface area contributed by atoms with Crippen molar-refractivity contribution in [1.29, 1.82) is 0 Å². The smallest absolute Gasteiger partial charge is 0.407 e. The zero-order valence-electron chi connectivity index (χ0n) is 14.7. The van der Waals surface area contributed by atoms with Crippen LogP contribution in [0.3, 0.4) is 0 Å². The largest absolute Gasteiger partial charge is 0.481 e. The van der Waals surface area contributed by atoms with Gasteiger partial charge in [-0.25, -0.2) is 4.79 Å². The number of carbonyl (C=O) groups excluding carboxylic acids is 1. The lowest BCUT2D eigenvalue weighted by Gasteiger charge is -2.21. The van der Waals surface area contributed by atoms with Crippen LogP contribution in [0.2, 0.25) is 0 Å². The molecule has 1 atom stereocenters. The van der Waals surface area contributed by atoms with Crippen LogP contribution in [-0.2, 0) is 9.53 Å². The number of alkyl carbamates (subject to hydrolysis) is 1. The first-order valence-electron chi connectivity index (χ1n) is 8.11. The molecule has 0 radical (unpaired) electrons. The molecule has 25 heavy (non-hydrogen) atoms. The van der Waals surface area contributed by atoms with Crippen molar-refractivity contribution in [2.24, 2.45) is 0 Å². The van der Waals surface area contributed by atoms with Crippen molar-refractivity contribution in [1.82, 2.24) is 5.32 Å². The van der Waals surface area contributed by atoms with Gasteiger partial charge in [-0.3, -0.25) is 4.79 Å². The summed E-state index contributed by atoms with van der Waals surface area (Å²) < 4.78 is 5.14. The number of amides is 1. The normalized spacial score (nSPS) is 12.3. The molecule has 0 aliphatic carbocycles. The summed E-state index contributed by atoms with van der Waals surface area (Å²) in [5.41, 5.74) is 2.07. The molecule has 0 aliphatic heterocycles. The summed E-state index contributed by atoms with van der Waals surface area (Å²) in [6.07, 6.45) is -0.625. The summed E-state index contributed by atoms with van der Waals surface area (Å²) in [7, 11) is 0. The SMILES string of the molecule is CC(C)(C)OC(=O)NCC(C(=O)O)c1ccc(-c2ccccc2)cc1. The fourth-order valence-corrected chi connectivity index (χ4v) is 2.39. The van der Waals surface area contributed by atoms with Gasteiger partial charge in [-0.1, -0.05) is 54.6 Å². The average Bonchev–Trinajstić information content (AvgIpc) is 2.54. The summed E-state index contributed by atoms with van der Waals surface area (Å²) in [6.45, 7) is 5.23. The van der Waals surface area contributed by atoms with E-state index in [0.29, 0.717) is 5.56 Å². The molecule has 0 saturated heterocycles. The lowest BCUT2D eigenvalue weighted by Crippen LogP contribution is -2.36. The van der Waals surface area contributed by atoms with Crippen LogP contribution in [0, 0.1) is 0 Å². The van der Waals surface area contributed by atoms with Gasteiger partial charge in [0.25, 0.3) is 0 Å². The number of carboxylic acid groups (broad SMARTS) is 1. The van der Waals surface area contributed by atoms with E-state index in [0.717, 1.165) is 11.1 Å². The van der Waals surface area contributed by atoms with Crippen molar-refractivity contribution in [2.75, 3.05) is 6.54 Å². The fraction of sp³-hybridized carbons (Fsp3) is 0.300. The third-order valence-electron chi connectivity index (χ3n) is 3.57. The molecule has 0 saturated carbocycles. The molecule has 2 aromatic rings. The van der Waals surface area contributed by atoms with E-state index in [1.807, 2.05) is 42.5 Å². The molecule has 2 rings (SSSR count). The molecule has 2 aromatic carbocycles. The van der Waals surface area contributed by atoms with Crippen molar-refractivity contribution in [2.45, 2.75) is 32.3 Å². The van der Waals surface area contributed by atoms with Gasteiger partial charge in [0.1, 0.15) is 5.60 Å². The van der Waals surface area contributed by atoms with Gasteiger partial charge in [0, 0.05) is 6.54 Å². The van der Waals surface area contributed by atoms with Crippen molar-refractivity contribution in [3.05, 3.63) is 60.2 Å². The minimum absolute atomic E-state index is 0.0328. The molecular formula is C20H23NO4. The first kappa shape index (κ1) is 18.5. The summed E-state index contributed by atoms with van der Waals surface area (Å²) in [4.78, 5) is 23.3. The molecule has 5 nitrogen and oxygen atoms in total. The zero-order chi connectivity index (χ0) is 18.4. The van der Waals surface area contributed by atoms with Gasteiger partial charge in [-0.15, -0.1) is 0 Å². The first-order chi connectivity index (χ1) is 11.8. The van der Waals surface area contributed by atoms with Crippen LogP contribution in [0.25, 0.3) is 11.1 Å². The lowest BCUT2D eigenvalue weighted by atomic mass is 9.96. The van der Waals surface area contributed by atoms with Gasteiger partial charge in [0.2, 0.25) is 0 Å². The molecule has 0 aromatic heterocycles. The third-order valence-corrected chi connectivity index (χ3v) is 3.57. The van der Waals surface area contributed by atoms with Crippen LogP contribution in [0.5, 0.6) is 0 Å². The highest BCUT2D eigenvalue weighted by molar-refractivity contribution is 5.78. The highest BCUT2D eigenvalue weighted by atomic mass is 16.6. The highest BCUT2D eigenvalue weighted by Gasteiger charge is 2.22. The molecule has 132 valence electrons. The molecule has 5 heteroatoms. The van der Waals surface area contributed by atoms with Gasteiger partial charge >= 0.3 is 12.1 Å². The maximum Gasteiger partial charge on any atom is 0.407 e. The second kappa shape index (κ2) is 7.83. The standard InChI is InChI=1S/C20H23NO4/c1-20(2,3)25-19(24)21-13-17(18(22)23)16-11-9-15(10-12-16)14-7-5-4-6-8-14/h4-12,17H,13H2,1-3H3,(H,21,24)(H,22,23). The van der Waals surface area contributed by atoms with E-state index in [-0.39, 0.29) is 6.54 Å². The van der Waals surface area contributed by atoms with Crippen molar-refractivity contribution in [3.63, 3.8) is 0 Å². The Morgan fingerprint density at radius 2 is 1.56 bits per heavy atom. The van der Waals surface area contributed by atoms with Gasteiger partial charge in [0.05, 0.1) is 5.92 Å². The number of carbonyl (C=O) groups is 2. The number of hydrogen-bond donors (Lipinski definition) is 2. The predicted octanol–water partition coefficient (Wildman–Crippen LogP) is 4.05. The lowest BCUT2D eigenvalue weighted by molar-refractivity contribution is -0.138. The Kier molecular flexibility index (Phi) is 5.80. The van der Waals surface area contributed by atoms with E-state index in [4.69, 9.17) is 4.74 Å². The molecule has 0 aliphatic rings. The molecule has 0 bridgehead atoms. The molecule has 1 unspecified atom stereocenters. The summed E-state index contributed by atoms with van der Waals surface area (Å²) in [5, 5.41) is 12.0. The van der Waals surface area contributed by atoms with E-state index >= 15 is 0 Å². The summed E-state index contributed by atoms with van der Waals surface area (Å²) >= 11 is 0. The van der Waals surface area contributed by atoms with Gasteiger partial charge in [-0.05, 0) is 37.5 Å². The molecule has 2 N–H and O–H groups in total. The van der Waals surface area contributed by atoms with Crippen molar-refractivity contribution in [3.8, 4) is 11.1 Å². The van der Waals surface area contributed by atoms with E-state index in [1.165, 1.54) is 0 Å². The molecule has 0 spiro atoms. The monoisotopic (exact) mass is 341 g/mol. The molecule has 0 fully saturated rings. The Hall–Kier alpha value is -2.82. The van der Waals surface area contributed by atoms with E-state index in [1.54, 1.807) is 32.9 Å². The number of ether oxygens (including phenoxy) is 1. The minimum Gasteiger partial charge on any atom is -0.481 e. The number of nitrogens with one attached hydrogen (secondary N) is 1. The van der Waals surface area contributed by atoms with Crippen molar-refractivity contribution >= 4 is 12.1 Å². The Morgan fingerprint density at radius 3 is 2.08 bits per heavy atom. The van der Waals surface area contributed by atoms with E-state index in [2.05, 4.69) is 5.32 Å². The van der Waals surface area contributed by atoms with Gasteiger partial charge < -0.3 is 15.2 Å². The maximum absolute atomic E-state index is 11.7. The van der Waals surface area contributed by atoms with Gasteiger partial charge in [-0.2, -0.15) is 0 Å². The Labute approximate surface area is 147 Å². The van der Waals surface area contributed by atoms with Crippen LogP contribution >= 0.6 is 0 Å². The molecular weight excluding hydrogens is 318 g/mol. The number of aliphatic carboxylic acids is 1. The molecule has 1 amide bonds. The second-order valence-electron chi connectivity index (χ2n) is 6.76. The van der Waals surface area contributed by atoms with E-state index < -0.39 is 23.6 Å². The summed E-state index contributed by atoms with van der Waals surface area (Å²) in [6, 6.07) is 17.2. The Morgan fingerprint density at radius 1 is 1.00 bits per heavy atom. The predicted molar refractivity (Wildman–Crippen MR) is 96.5 cm³/mol. The van der Waals surface area contributed by atoms with Crippen molar-refractivity contribution < 1.29 is 19.4 Å². The molecule has 0 heterocycles. The van der Waals surface area contributed by atoms with Crippen LogP contribution in [0.15, 0.2) is 54.6 Å². The van der Waals surface area contributed by atoms with E-state index in [9.17, 15) is 14.7 Å². The highest BCUT2D eigenvalue weighted by Crippen LogP contribution is 2.23. The number of hydrogen-bond acceptors (Lipinski definition) is 3. The maximum atomic E-state index is 11.7. The number of rotatable bonds is 5. The zero-order valence-corrected chi connectivity index (χ0v) is 14.7. The topological polar surface area (TPSA) is 75.6 Å². The number of carboxylic acids is 1. The second-order valence-corrected chi connectivity index (χ2v) is 6.76. The average molecular weight is 341 g/mol. The van der Waals surface area contributed by atoms with Gasteiger partial charge in [0.15, 0.2) is 0 Å². The Bertz CT molecular complexity index is 718. The summed E-state index contributed by atoms with van der Waals surface area (Å²) in [5.74, 6) is -1.83. The number of benzene rings is 2. The quantitative estimate of drug-likeness (QED) is 0.860.